The molecule has 0 aliphatic heterocycles. The minimum atomic E-state index is 0. The first-order valence-electron chi connectivity index (χ1n) is 7.39. The van der Waals surface area contributed by atoms with Gasteiger partial charge in [0.1, 0.15) is 0 Å². The molecule has 0 aromatic rings. The lowest BCUT2D eigenvalue weighted by atomic mass is 10.4. The van der Waals surface area contributed by atoms with E-state index in [1.54, 1.807) is 0 Å². The van der Waals surface area contributed by atoms with Crippen molar-refractivity contribution in [1.29, 1.82) is 0 Å². The number of nitrogens with one attached hydrogen (secondary N) is 4. The number of halogens is 4. The van der Waals surface area contributed by atoms with E-state index >= 15 is 0 Å². The summed E-state index contributed by atoms with van der Waals surface area (Å²) in [6.07, 6.45) is 6.80. The second kappa shape index (κ2) is 34.0. The van der Waals surface area contributed by atoms with Gasteiger partial charge in [-0.05, 0) is 52.1 Å². The summed E-state index contributed by atoms with van der Waals surface area (Å²) in [5.41, 5.74) is 0. The van der Waals surface area contributed by atoms with Crippen LogP contribution in [0.3, 0.4) is 0 Å². The third-order valence-corrected chi connectivity index (χ3v) is 2.61. The highest BCUT2D eigenvalue weighted by Crippen LogP contribution is 1.76. The van der Waals surface area contributed by atoms with E-state index in [0.717, 1.165) is 52.4 Å². The summed E-state index contributed by atoms with van der Waals surface area (Å²) in [6.45, 7) is 12.8. The molecular weight excluding hydrogens is 544 g/mol. The first-order chi connectivity index (χ1) is 8.91. The molecule has 8 heteroatoms. The second-order valence-electron chi connectivity index (χ2n) is 4.29. The standard InChI is InChI=1S/C14H32N4.4BrH/c1-3-15-11-7-13-17-9-5-6-10-18-14-8-12-16-4-2;;;;/h5-6,15-18H,3-4,7-14H2,1-2H3;4*1H/b6-5+;;;;. The van der Waals surface area contributed by atoms with Gasteiger partial charge >= 0.3 is 0 Å². The monoisotopic (exact) mass is 576 g/mol. The normalized spacial score (nSPS) is 9.36. The van der Waals surface area contributed by atoms with Crippen molar-refractivity contribution in [3.05, 3.63) is 12.2 Å². The number of hydrogen-bond acceptors (Lipinski definition) is 4. The third kappa shape index (κ3) is 33.2. The highest BCUT2D eigenvalue weighted by Gasteiger charge is 1.86. The molecule has 0 spiro atoms. The van der Waals surface area contributed by atoms with Crippen LogP contribution in [0.2, 0.25) is 0 Å². The maximum absolute atomic E-state index is 3.40. The van der Waals surface area contributed by atoms with Crippen LogP contribution in [0.1, 0.15) is 26.7 Å². The van der Waals surface area contributed by atoms with E-state index in [2.05, 4.69) is 47.3 Å². The molecule has 0 rings (SSSR count). The molecular formula is C14H36Br4N4. The molecule has 0 saturated carbocycles. The Morgan fingerprint density at radius 3 is 1.18 bits per heavy atom. The predicted molar refractivity (Wildman–Crippen MR) is 122 cm³/mol. The van der Waals surface area contributed by atoms with Crippen LogP contribution in [0.5, 0.6) is 0 Å². The second-order valence-corrected chi connectivity index (χ2v) is 4.29. The topological polar surface area (TPSA) is 48.1 Å². The van der Waals surface area contributed by atoms with Gasteiger partial charge < -0.3 is 21.3 Å². The number of hydrogen-bond donors (Lipinski definition) is 4. The molecule has 0 amide bonds. The van der Waals surface area contributed by atoms with Gasteiger partial charge in [-0.15, -0.1) is 67.9 Å². The van der Waals surface area contributed by atoms with E-state index in [-0.39, 0.29) is 67.9 Å². The Balaban J connectivity index is -0.000000241. The smallest absolute Gasteiger partial charge is 0.0135 e. The highest BCUT2D eigenvalue weighted by molar-refractivity contribution is 8.93. The van der Waals surface area contributed by atoms with Gasteiger partial charge in [-0.25, -0.2) is 0 Å². The molecule has 22 heavy (non-hydrogen) atoms. The molecule has 0 atom stereocenters. The Bertz CT molecular complexity index is 168. The molecule has 0 unspecified atom stereocenters. The van der Waals surface area contributed by atoms with Crippen molar-refractivity contribution in [3.63, 3.8) is 0 Å². The van der Waals surface area contributed by atoms with Crippen molar-refractivity contribution in [3.8, 4) is 0 Å². The molecule has 0 aromatic carbocycles. The Kier molecular flexibility index (Phi) is 53.7. The van der Waals surface area contributed by atoms with Gasteiger partial charge in [-0.3, -0.25) is 0 Å². The van der Waals surface area contributed by atoms with Crippen molar-refractivity contribution in [2.24, 2.45) is 0 Å². The van der Waals surface area contributed by atoms with Crippen molar-refractivity contribution in [2.75, 3.05) is 52.4 Å². The highest BCUT2D eigenvalue weighted by atomic mass is 79.9. The van der Waals surface area contributed by atoms with E-state index < -0.39 is 0 Å². The van der Waals surface area contributed by atoms with Gasteiger partial charge in [0.05, 0.1) is 0 Å². The van der Waals surface area contributed by atoms with Gasteiger partial charge in [0, 0.05) is 13.1 Å². The molecule has 0 saturated heterocycles. The van der Waals surface area contributed by atoms with Gasteiger partial charge in [-0.2, -0.15) is 0 Å². The summed E-state index contributed by atoms with van der Waals surface area (Å²) in [5.74, 6) is 0. The Labute approximate surface area is 179 Å². The molecule has 0 radical (unpaired) electrons. The lowest BCUT2D eigenvalue weighted by molar-refractivity contribution is 0.624. The molecule has 4 N–H and O–H groups in total. The van der Waals surface area contributed by atoms with E-state index in [1.165, 1.54) is 12.8 Å². The Morgan fingerprint density at radius 1 is 0.545 bits per heavy atom. The first kappa shape index (κ1) is 34.8. The van der Waals surface area contributed by atoms with Crippen LogP contribution in [-0.2, 0) is 0 Å². The summed E-state index contributed by atoms with van der Waals surface area (Å²) < 4.78 is 0. The van der Waals surface area contributed by atoms with Crippen LogP contribution in [0.4, 0.5) is 0 Å². The van der Waals surface area contributed by atoms with Gasteiger partial charge in [0.25, 0.3) is 0 Å². The van der Waals surface area contributed by atoms with Crippen LogP contribution in [-0.4, -0.2) is 52.4 Å². The van der Waals surface area contributed by atoms with Crippen LogP contribution < -0.4 is 21.3 Å². The zero-order valence-electron chi connectivity index (χ0n) is 13.9. The summed E-state index contributed by atoms with van der Waals surface area (Å²) in [6, 6.07) is 0. The fourth-order valence-corrected chi connectivity index (χ4v) is 1.57. The third-order valence-electron chi connectivity index (χ3n) is 2.61. The van der Waals surface area contributed by atoms with Crippen LogP contribution in [0.25, 0.3) is 0 Å². The maximum Gasteiger partial charge on any atom is 0.0135 e. The average Bonchev–Trinajstić information content (AvgIpc) is 2.39. The van der Waals surface area contributed by atoms with Crippen molar-refractivity contribution >= 4 is 67.9 Å². The molecule has 0 bridgehead atoms. The fourth-order valence-electron chi connectivity index (χ4n) is 1.57. The minimum absolute atomic E-state index is 0. The van der Waals surface area contributed by atoms with Gasteiger partial charge in [0.2, 0.25) is 0 Å². The Hall–Kier alpha value is 1.50. The van der Waals surface area contributed by atoms with Crippen LogP contribution >= 0.6 is 67.9 Å². The Morgan fingerprint density at radius 2 is 0.864 bits per heavy atom. The van der Waals surface area contributed by atoms with E-state index in [9.17, 15) is 0 Å². The van der Waals surface area contributed by atoms with Gasteiger partial charge in [0.15, 0.2) is 0 Å². The fraction of sp³-hybridized carbons (Fsp3) is 0.857. The summed E-state index contributed by atoms with van der Waals surface area (Å²) in [7, 11) is 0. The quantitative estimate of drug-likeness (QED) is 0.189. The lowest BCUT2D eigenvalue weighted by Crippen LogP contribution is -2.22. The summed E-state index contributed by atoms with van der Waals surface area (Å²) >= 11 is 0. The van der Waals surface area contributed by atoms with Crippen molar-refractivity contribution < 1.29 is 0 Å². The van der Waals surface area contributed by atoms with Crippen LogP contribution in [0.15, 0.2) is 12.2 Å². The summed E-state index contributed by atoms with van der Waals surface area (Å²) in [5, 5.41) is 13.4. The van der Waals surface area contributed by atoms with Crippen molar-refractivity contribution in [2.45, 2.75) is 26.7 Å². The molecule has 0 fully saturated rings. The largest absolute Gasteiger partial charge is 0.317 e. The predicted octanol–water partition coefficient (Wildman–Crippen LogP) is 3.03. The zero-order chi connectivity index (χ0) is 13.3. The first-order valence-corrected chi connectivity index (χ1v) is 7.39. The number of rotatable bonds is 14. The molecule has 4 nitrogen and oxygen atoms in total. The van der Waals surface area contributed by atoms with Crippen molar-refractivity contribution in [1.82, 2.24) is 21.3 Å². The van der Waals surface area contributed by atoms with Crippen LogP contribution in [0, 0.1) is 0 Å². The molecule has 0 aliphatic rings. The lowest BCUT2D eigenvalue weighted by Gasteiger charge is -2.03. The molecule has 0 heterocycles. The molecule has 140 valence electrons. The van der Waals surface area contributed by atoms with E-state index in [0.29, 0.717) is 0 Å². The average molecular weight is 580 g/mol. The van der Waals surface area contributed by atoms with E-state index in [1.807, 2.05) is 0 Å². The SMILES string of the molecule is Br.Br.Br.Br.CCNCCCNC/C=C/CNCCCNCC. The minimum Gasteiger partial charge on any atom is -0.317 e. The van der Waals surface area contributed by atoms with Gasteiger partial charge in [-0.1, -0.05) is 26.0 Å². The summed E-state index contributed by atoms with van der Waals surface area (Å²) in [4.78, 5) is 0. The maximum atomic E-state index is 3.40. The molecule has 0 aromatic heterocycles. The molecule has 0 aliphatic carbocycles. The zero-order valence-corrected chi connectivity index (χ0v) is 20.7. The van der Waals surface area contributed by atoms with E-state index in [4.69, 9.17) is 0 Å².